The number of pyridine rings is 3. The number of fused-ring (bicyclic) bond motifs is 2. The van der Waals surface area contributed by atoms with Crippen LogP contribution in [0.4, 0.5) is 0 Å². The van der Waals surface area contributed by atoms with Crippen molar-refractivity contribution in [3.8, 4) is 11.5 Å². The Labute approximate surface area is 198 Å². The highest BCUT2D eigenvalue weighted by Crippen LogP contribution is 2.24. The van der Waals surface area contributed by atoms with Crippen LogP contribution in [0.3, 0.4) is 0 Å². The van der Waals surface area contributed by atoms with Gasteiger partial charge in [0.1, 0.15) is 35.7 Å². The molecule has 5 aromatic rings. The molecule has 170 valence electrons. The lowest BCUT2D eigenvalue weighted by molar-refractivity contribution is 0.171. The highest BCUT2D eigenvalue weighted by atomic mass is 16.5. The second kappa shape index (κ2) is 10.7. The van der Waals surface area contributed by atoms with Crippen LogP contribution in [0, 0.1) is 0 Å². The Morgan fingerprint density at radius 1 is 0.559 bits per heavy atom. The summed E-state index contributed by atoms with van der Waals surface area (Å²) in [6.07, 6.45) is 5.41. The van der Waals surface area contributed by atoms with Crippen LogP contribution in [-0.4, -0.2) is 46.2 Å². The van der Waals surface area contributed by atoms with E-state index >= 15 is 0 Å². The van der Waals surface area contributed by atoms with Gasteiger partial charge in [-0.1, -0.05) is 42.5 Å². The van der Waals surface area contributed by atoms with Gasteiger partial charge in [-0.25, -0.2) is 0 Å². The molecule has 0 saturated carbocycles. The predicted molar refractivity (Wildman–Crippen MR) is 134 cm³/mol. The second-order valence-electron chi connectivity index (χ2n) is 7.96. The molecule has 0 aliphatic rings. The first kappa shape index (κ1) is 21.8. The standard InChI is InChI=1S/C28H26N4O2/c1-2-14-29-24(11-1)21-32(17-19-33-25-12-3-7-22-9-5-15-30-27(22)25)18-20-34-26-13-4-8-23-10-6-16-31-28(23)26/h1-16H,17-21H2. The molecular formula is C28H26N4O2. The van der Waals surface area contributed by atoms with Crippen LogP contribution in [0.15, 0.2) is 97.5 Å². The Morgan fingerprint density at radius 2 is 1.12 bits per heavy atom. The Kier molecular flexibility index (Phi) is 6.88. The number of rotatable bonds is 10. The van der Waals surface area contributed by atoms with Crippen LogP contribution >= 0.6 is 0 Å². The minimum atomic E-state index is 0.540. The summed E-state index contributed by atoms with van der Waals surface area (Å²) in [4.78, 5) is 15.7. The molecule has 0 radical (unpaired) electrons. The molecule has 6 heteroatoms. The van der Waals surface area contributed by atoms with Crippen molar-refractivity contribution in [1.82, 2.24) is 19.9 Å². The van der Waals surface area contributed by atoms with Gasteiger partial charge in [0.2, 0.25) is 0 Å². The number of para-hydroxylation sites is 2. The molecule has 0 aliphatic carbocycles. The van der Waals surface area contributed by atoms with Crippen LogP contribution < -0.4 is 9.47 Å². The maximum absolute atomic E-state index is 6.13. The number of aromatic nitrogens is 3. The molecule has 0 fully saturated rings. The van der Waals surface area contributed by atoms with E-state index in [0.717, 1.165) is 58.6 Å². The Bertz CT molecular complexity index is 1260. The van der Waals surface area contributed by atoms with Gasteiger partial charge in [0.05, 0.1) is 5.69 Å². The molecule has 6 nitrogen and oxygen atoms in total. The summed E-state index contributed by atoms with van der Waals surface area (Å²) in [5.41, 5.74) is 2.78. The highest BCUT2D eigenvalue weighted by molar-refractivity contribution is 5.84. The molecule has 3 aromatic heterocycles. The Morgan fingerprint density at radius 3 is 1.68 bits per heavy atom. The largest absolute Gasteiger partial charge is 0.490 e. The summed E-state index contributed by atoms with van der Waals surface area (Å²) in [5, 5.41) is 2.14. The molecule has 0 aliphatic heterocycles. The van der Waals surface area contributed by atoms with Gasteiger partial charge in [0, 0.05) is 49.0 Å². The summed E-state index contributed by atoms with van der Waals surface area (Å²) >= 11 is 0. The molecule has 34 heavy (non-hydrogen) atoms. The van der Waals surface area contributed by atoms with Crippen molar-refractivity contribution in [2.24, 2.45) is 0 Å². The molecular weight excluding hydrogens is 424 g/mol. The normalized spacial score (nSPS) is 11.2. The first-order valence-corrected chi connectivity index (χ1v) is 11.4. The maximum atomic E-state index is 6.13. The minimum absolute atomic E-state index is 0.540. The smallest absolute Gasteiger partial charge is 0.145 e. The lowest BCUT2D eigenvalue weighted by Crippen LogP contribution is -2.32. The van der Waals surface area contributed by atoms with E-state index in [1.165, 1.54) is 0 Å². The summed E-state index contributed by atoms with van der Waals surface area (Å²) in [6, 6.07) is 26.0. The SMILES string of the molecule is c1ccc(CN(CCOc2cccc3cccnc23)CCOc2cccc3cccnc23)nc1. The minimum Gasteiger partial charge on any atom is -0.490 e. The van der Waals surface area contributed by atoms with E-state index in [1.54, 1.807) is 12.4 Å². The molecule has 0 spiro atoms. The zero-order chi connectivity index (χ0) is 23.0. The predicted octanol–water partition coefficient (Wildman–Crippen LogP) is 5.14. The number of nitrogens with zero attached hydrogens (tertiary/aromatic N) is 4. The van der Waals surface area contributed by atoms with Crippen molar-refractivity contribution >= 4 is 21.8 Å². The highest BCUT2D eigenvalue weighted by Gasteiger charge is 2.10. The molecule has 0 amide bonds. The van der Waals surface area contributed by atoms with Gasteiger partial charge in [0.25, 0.3) is 0 Å². The number of hydrogen-bond donors (Lipinski definition) is 0. The first-order valence-electron chi connectivity index (χ1n) is 11.4. The summed E-state index contributed by atoms with van der Waals surface area (Å²) in [5.74, 6) is 1.60. The third-order valence-electron chi connectivity index (χ3n) is 5.63. The molecule has 0 unspecified atom stereocenters. The zero-order valence-corrected chi connectivity index (χ0v) is 18.9. The summed E-state index contributed by atoms with van der Waals surface area (Å²) in [7, 11) is 0. The van der Waals surface area contributed by atoms with E-state index in [2.05, 4.69) is 19.9 Å². The quantitative estimate of drug-likeness (QED) is 0.294. The average Bonchev–Trinajstić information content (AvgIpc) is 2.89. The van der Waals surface area contributed by atoms with Crippen molar-refractivity contribution in [2.45, 2.75) is 6.54 Å². The first-order chi connectivity index (χ1) is 16.9. The average molecular weight is 451 g/mol. The van der Waals surface area contributed by atoms with Crippen molar-refractivity contribution < 1.29 is 9.47 Å². The Balaban J connectivity index is 1.23. The Hall–Kier alpha value is -4.03. The van der Waals surface area contributed by atoms with Crippen LogP contribution in [0.5, 0.6) is 11.5 Å². The fraction of sp³-hybridized carbons (Fsp3) is 0.179. The maximum Gasteiger partial charge on any atom is 0.145 e. The molecule has 2 aromatic carbocycles. The topological polar surface area (TPSA) is 60.4 Å². The molecule has 0 atom stereocenters. The van der Waals surface area contributed by atoms with Gasteiger partial charge < -0.3 is 9.47 Å². The van der Waals surface area contributed by atoms with E-state index in [-0.39, 0.29) is 0 Å². The molecule has 0 saturated heterocycles. The lowest BCUT2D eigenvalue weighted by atomic mass is 10.2. The van der Waals surface area contributed by atoms with Gasteiger partial charge in [-0.3, -0.25) is 19.9 Å². The van der Waals surface area contributed by atoms with E-state index in [9.17, 15) is 0 Å². The van der Waals surface area contributed by atoms with Crippen LogP contribution in [0.2, 0.25) is 0 Å². The van der Waals surface area contributed by atoms with Gasteiger partial charge >= 0.3 is 0 Å². The van der Waals surface area contributed by atoms with Crippen molar-refractivity contribution in [2.75, 3.05) is 26.3 Å². The number of ether oxygens (including phenoxy) is 2. The lowest BCUT2D eigenvalue weighted by Gasteiger charge is -2.22. The van der Waals surface area contributed by atoms with E-state index in [1.807, 2.05) is 85.1 Å². The third-order valence-corrected chi connectivity index (χ3v) is 5.63. The van der Waals surface area contributed by atoms with Gasteiger partial charge in [0.15, 0.2) is 0 Å². The fourth-order valence-corrected chi connectivity index (χ4v) is 3.95. The van der Waals surface area contributed by atoms with E-state index in [4.69, 9.17) is 9.47 Å². The molecule has 5 rings (SSSR count). The van der Waals surface area contributed by atoms with Crippen LogP contribution in [0.1, 0.15) is 5.69 Å². The van der Waals surface area contributed by atoms with Crippen LogP contribution in [0.25, 0.3) is 21.8 Å². The van der Waals surface area contributed by atoms with Crippen LogP contribution in [-0.2, 0) is 6.54 Å². The van der Waals surface area contributed by atoms with E-state index in [0.29, 0.717) is 13.2 Å². The van der Waals surface area contributed by atoms with Gasteiger partial charge in [-0.2, -0.15) is 0 Å². The molecule has 0 bridgehead atoms. The molecule has 0 N–H and O–H groups in total. The fourth-order valence-electron chi connectivity index (χ4n) is 3.95. The van der Waals surface area contributed by atoms with Crippen molar-refractivity contribution in [3.63, 3.8) is 0 Å². The summed E-state index contributed by atoms with van der Waals surface area (Å²) in [6.45, 7) is 3.26. The second-order valence-corrected chi connectivity index (χ2v) is 7.96. The van der Waals surface area contributed by atoms with Crippen molar-refractivity contribution in [1.29, 1.82) is 0 Å². The van der Waals surface area contributed by atoms with E-state index < -0.39 is 0 Å². The monoisotopic (exact) mass is 450 g/mol. The van der Waals surface area contributed by atoms with Gasteiger partial charge in [-0.15, -0.1) is 0 Å². The third kappa shape index (κ3) is 5.30. The summed E-state index contributed by atoms with van der Waals surface area (Å²) < 4.78 is 12.3. The van der Waals surface area contributed by atoms with Crippen molar-refractivity contribution in [3.05, 3.63) is 103 Å². The molecule has 3 heterocycles. The zero-order valence-electron chi connectivity index (χ0n) is 18.9. The van der Waals surface area contributed by atoms with Gasteiger partial charge in [-0.05, 0) is 36.4 Å². The number of hydrogen-bond acceptors (Lipinski definition) is 6. The number of benzene rings is 2.